The first-order chi connectivity index (χ1) is 13.8. The van der Waals surface area contributed by atoms with Gasteiger partial charge in [0.2, 0.25) is 0 Å². The highest BCUT2D eigenvalue weighted by Gasteiger charge is 2.46. The van der Waals surface area contributed by atoms with Crippen LogP contribution in [0.2, 0.25) is 0 Å². The van der Waals surface area contributed by atoms with E-state index in [-0.39, 0.29) is 6.04 Å². The zero-order valence-corrected chi connectivity index (χ0v) is 17.3. The lowest BCUT2D eigenvalue weighted by Gasteiger charge is -2.42. The van der Waals surface area contributed by atoms with Crippen LogP contribution in [-0.4, -0.2) is 60.8 Å². The number of amides is 1. The molecule has 2 atom stereocenters. The molecule has 29 heavy (non-hydrogen) atoms. The van der Waals surface area contributed by atoms with E-state index in [1.807, 2.05) is 18.2 Å². The zero-order valence-electron chi connectivity index (χ0n) is 17.3. The van der Waals surface area contributed by atoms with E-state index in [1.165, 1.54) is 0 Å². The third-order valence-corrected chi connectivity index (χ3v) is 5.87. The fourth-order valence-electron chi connectivity index (χ4n) is 4.46. The molecular weight excluding hydrogens is 368 g/mol. The molecule has 2 aliphatic rings. The molecule has 7 heteroatoms. The van der Waals surface area contributed by atoms with Crippen molar-refractivity contribution in [2.45, 2.75) is 38.3 Å². The first kappa shape index (κ1) is 21.0. The highest BCUT2D eigenvalue weighted by Crippen LogP contribution is 2.40. The number of rotatable bonds is 6. The molecule has 0 spiro atoms. The molecule has 2 unspecified atom stereocenters. The highest BCUT2D eigenvalue weighted by atomic mass is 16.6. The van der Waals surface area contributed by atoms with Crippen LogP contribution in [0.25, 0.3) is 0 Å². The van der Waals surface area contributed by atoms with Crippen LogP contribution < -0.4 is 4.74 Å². The SMILES string of the molecule is CN(C(=O)OC(C)(C)C#N)C1C2CCC1CN(CCOc1ccc(C#N)cc1)C2. The summed E-state index contributed by atoms with van der Waals surface area (Å²) in [4.78, 5) is 16.6. The molecule has 0 aromatic heterocycles. The summed E-state index contributed by atoms with van der Waals surface area (Å²) >= 11 is 0. The van der Waals surface area contributed by atoms with Gasteiger partial charge < -0.3 is 14.4 Å². The van der Waals surface area contributed by atoms with Gasteiger partial charge in [-0.2, -0.15) is 10.5 Å². The van der Waals surface area contributed by atoms with Crippen LogP contribution in [0.4, 0.5) is 4.79 Å². The van der Waals surface area contributed by atoms with Crippen LogP contribution in [0.5, 0.6) is 5.75 Å². The number of hydrogen-bond donors (Lipinski definition) is 0. The lowest BCUT2D eigenvalue weighted by molar-refractivity contribution is 0.0123. The molecule has 0 N–H and O–H groups in total. The first-order valence-electron chi connectivity index (χ1n) is 10.1. The van der Waals surface area contributed by atoms with E-state index in [0.29, 0.717) is 24.0 Å². The van der Waals surface area contributed by atoms with E-state index in [1.54, 1.807) is 37.9 Å². The van der Waals surface area contributed by atoms with Crippen LogP contribution in [0.1, 0.15) is 32.3 Å². The quantitative estimate of drug-likeness (QED) is 0.734. The molecule has 2 bridgehead atoms. The average molecular weight is 396 g/mol. The summed E-state index contributed by atoms with van der Waals surface area (Å²) in [5, 5.41) is 17.9. The van der Waals surface area contributed by atoms with Crippen molar-refractivity contribution in [3.05, 3.63) is 29.8 Å². The number of likely N-dealkylation sites (tertiary alicyclic amines) is 1. The monoisotopic (exact) mass is 396 g/mol. The van der Waals surface area contributed by atoms with Crippen molar-refractivity contribution >= 4 is 6.09 Å². The van der Waals surface area contributed by atoms with Crippen molar-refractivity contribution in [1.29, 1.82) is 10.5 Å². The standard InChI is InChI=1S/C22H28N4O3/c1-22(2,15-24)29-21(27)25(3)20-17-6-7-18(20)14-26(13-17)10-11-28-19-8-4-16(12-23)5-9-19/h4-5,8-9,17-18,20H,6-7,10-11,13-14H2,1-3H3. The molecule has 0 radical (unpaired) electrons. The zero-order chi connectivity index (χ0) is 21.0. The summed E-state index contributed by atoms with van der Waals surface area (Å²) in [5.41, 5.74) is -0.495. The maximum atomic E-state index is 12.5. The molecule has 3 rings (SSSR count). The molecule has 7 nitrogen and oxygen atoms in total. The predicted molar refractivity (Wildman–Crippen MR) is 107 cm³/mol. The Morgan fingerprint density at radius 3 is 2.38 bits per heavy atom. The summed E-state index contributed by atoms with van der Waals surface area (Å²) in [6.07, 6.45) is 1.78. The van der Waals surface area contributed by atoms with Gasteiger partial charge in [0.1, 0.15) is 18.4 Å². The maximum absolute atomic E-state index is 12.5. The van der Waals surface area contributed by atoms with Gasteiger partial charge in [0.25, 0.3) is 0 Å². The van der Waals surface area contributed by atoms with Gasteiger partial charge in [0, 0.05) is 32.7 Å². The second-order valence-electron chi connectivity index (χ2n) is 8.43. The van der Waals surface area contributed by atoms with Crippen molar-refractivity contribution in [3.63, 3.8) is 0 Å². The van der Waals surface area contributed by atoms with Crippen LogP contribution >= 0.6 is 0 Å². The van der Waals surface area contributed by atoms with E-state index in [9.17, 15) is 4.79 Å². The van der Waals surface area contributed by atoms with Gasteiger partial charge in [-0.05, 0) is 62.8 Å². The van der Waals surface area contributed by atoms with Crippen molar-refractivity contribution < 1.29 is 14.3 Å². The van der Waals surface area contributed by atoms with E-state index >= 15 is 0 Å². The first-order valence-corrected chi connectivity index (χ1v) is 10.1. The molecule has 1 aromatic carbocycles. The number of nitriles is 2. The van der Waals surface area contributed by atoms with E-state index < -0.39 is 11.7 Å². The number of fused-ring (bicyclic) bond motifs is 2. The summed E-state index contributed by atoms with van der Waals surface area (Å²) in [7, 11) is 1.79. The molecule has 1 amide bonds. The Morgan fingerprint density at radius 2 is 1.83 bits per heavy atom. The predicted octanol–water partition coefficient (Wildman–Crippen LogP) is 3.02. The summed E-state index contributed by atoms with van der Waals surface area (Å²) < 4.78 is 11.2. The smallest absolute Gasteiger partial charge is 0.411 e. The minimum Gasteiger partial charge on any atom is -0.492 e. The Bertz CT molecular complexity index is 795. The van der Waals surface area contributed by atoms with Gasteiger partial charge >= 0.3 is 6.09 Å². The van der Waals surface area contributed by atoms with Crippen LogP contribution in [0.3, 0.4) is 0 Å². The Kier molecular flexibility index (Phi) is 6.30. The molecule has 1 aromatic rings. The molecule has 1 saturated heterocycles. The number of carbonyl (C=O) groups is 1. The lowest BCUT2D eigenvalue weighted by atomic mass is 9.91. The van der Waals surface area contributed by atoms with Crippen LogP contribution in [0, 0.1) is 34.5 Å². The second-order valence-corrected chi connectivity index (χ2v) is 8.43. The van der Waals surface area contributed by atoms with Gasteiger partial charge in [-0.25, -0.2) is 4.79 Å². The fraction of sp³-hybridized carbons (Fsp3) is 0.591. The summed E-state index contributed by atoms with van der Waals surface area (Å²) in [5.74, 6) is 1.59. The van der Waals surface area contributed by atoms with Crippen molar-refractivity contribution in [1.82, 2.24) is 9.80 Å². The Morgan fingerprint density at radius 1 is 1.21 bits per heavy atom. The van der Waals surface area contributed by atoms with Gasteiger partial charge in [0.15, 0.2) is 5.60 Å². The third kappa shape index (κ3) is 4.99. The molecule has 1 aliphatic carbocycles. The van der Waals surface area contributed by atoms with Gasteiger partial charge in [-0.3, -0.25) is 4.90 Å². The largest absolute Gasteiger partial charge is 0.492 e. The number of piperidine rings is 1. The van der Waals surface area contributed by atoms with Crippen molar-refractivity contribution in [2.24, 2.45) is 11.8 Å². The van der Waals surface area contributed by atoms with E-state index in [0.717, 1.165) is 38.2 Å². The lowest BCUT2D eigenvalue weighted by Crippen LogP contribution is -2.54. The molecular formula is C22H28N4O3. The normalized spacial score (nSPS) is 23.7. The Labute approximate surface area is 172 Å². The average Bonchev–Trinajstić information content (AvgIpc) is 2.97. The van der Waals surface area contributed by atoms with Crippen LogP contribution in [-0.2, 0) is 4.74 Å². The van der Waals surface area contributed by atoms with E-state index in [2.05, 4.69) is 11.0 Å². The van der Waals surface area contributed by atoms with Gasteiger partial charge in [-0.1, -0.05) is 0 Å². The van der Waals surface area contributed by atoms with Gasteiger partial charge in [0.05, 0.1) is 11.6 Å². The third-order valence-electron chi connectivity index (χ3n) is 5.87. The molecule has 1 aliphatic heterocycles. The molecule has 1 heterocycles. The maximum Gasteiger partial charge on any atom is 0.411 e. The molecule has 2 fully saturated rings. The number of nitrogens with zero attached hydrogens (tertiary/aromatic N) is 4. The minimum atomic E-state index is -1.12. The highest BCUT2D eigenvalue weighted by molar-refractivity contribution is 5.68. The van der Waals surface area contributed by atoms with Crippen molar-refractivity contribution in [3.8, 4) is 17.9 Å². The van der Waals surface area contributed by atoms with Gasteiger partial charge in [-0.15, -0.1) is 0 Å². The number of hydrogen-bond acceptors (Lipinski definition) is 6. The van der Waals surface area contributed by atoms with E-state index in [4.69, 9.17) is 20.0 Å². The van der Waals surface area contributed by atoms with Crippen LogP contribution in [0.15, 0.2) is 24.3 Å². The minimum absolute atomic E-state index is 0.160. The number of ether oxygens (including phenoxy) is 2. The summed E-state index contributed by atoms with van der Waals surface area (Å²) in [6, 6.07) is 11.4. The van der Waals surface area contributed by atoms with Crippen molar-refractivity contribution in [2.75, 3.05) is 33.3 Å². The topological polar surface area (TPSA) is 89.6 Å². The summed E-state index contributed by atoms with van der Waals surface area (Å²) in [6.45, 7) is 6.47. The Hall–Kier alpha value is -2.77. The Balaban J connectivity index is 1.50. The number of benzene rings is 1. The molecule has 1 saturated carbocycles. The molecule has 154 valence electrons. The fourth-order valence-corrected chi connectivity index (χ4v) is 4.46. The number of carbonyl (C=O) groups excluding carboxylic acids is 1. The second kappa shape index (κ2) is 8.71.